The largest absolute Gasteiger partial charge is 0.454 e. The number of fused-ring (bicyclic) bond motifs is 10. The third kappa shape index (κ3) is 4.81. The van der Waals surface area contributed by atoms with Crippen LogP contribution in [0.15, 0.2) is 192 Å². The lowest BCUT2D eigenvalue weighted by molar-refractivity contribution is 0.666. The maximum absolute atomic E-state index is 8.73. The van der Waals surface area contributed by atoms with Crippen molar-refractivity contribution in [2.75, 3.05) is 0 Å². The van der Waals surface area contributed by atoms with Crippen LogP contribution >= 0.6 is 0 Å². The molecule has 57 heavy (non-hydrogen) atoms. The van der Waals surface area contributed by atoms with Crippen LogP contribution in [-0.2, 0) is 0 Å². The summed E-state index contributed by atoms with van der Waals surface area (Å²) in [5, 5.41) is 5.96. The number of rotatable bonds is 5. The molecular formula is C51H31N5O. The first-order chi connectivity index (χ1) is 32.4. The van der Waals surface area contributed by atoms with E-state index >= 15 is 0 Å². The second kappa shape index (κ2) is 12.3. The predicted molar refractivity (Wildman–Crippen MR) is 232 cm³/mol. The van der Waals surface area contributed by atoms with Crippen molar-refractivity contribution in [1.29, 1.82) is 0 Å². The lowest BCUT2D eigenvalue weighted by Gasteiger charge is -2.12. The van der Waals surface area contributed by atoms with Gasteiger partial charge < -0.3 is 13.6 Å². The fourth-order valence-corrected chi connectivity index (χ4v) is 8.15. The van der Waals surface area contributed by atoms with Gasteiger partial charge in [-0.3, -0.25) is 0 Å². The highest BCUT2D eigenvalue weighted by molar-refractivity contribution is 6.24. The minimum absolute atomic E-state index is 0.0558. The van der Waals surface area contributed by atoms with Gasteiger partial charge in [-0.25, -0.2) is 15.0 Å². The second-order valence-electron chi connectivity index (χ2n) is 13.7. The van der Waals surface area contributed by atoms with Gasteiger partial charge in [0.15, 0.2) is 23.1 Å². The third-order valence-electron chi connectivity index (χ3n) is 10.5. The van der Waals surface area contributed by atoms with Crippen molar-refractivity contribution >= 4 is 65.6 Å². The van der Waals surface area contributed by atoms with Crippen LogP contribution in [0.25, 0.3) is 111 Å². The highest BCUT2D eigenvalue weighted by Gasteiger charge is 2.23. The number of hydrogen-bond donors (Lipinski definition) is 0. The van der Waals surface area contributed by atoms with E-state index in [1.54, 1.807) is 12.1 Å². The van der Waals surface area contributed by atoms with Crippen LogP contribution in [0.3, 0.4) is 0 Å². The number of hydrogen-bond acceptors (Lipinski definition) is 4. The van der Waals surface area contributed by atoms with Crippen molar-refractivity contribution in [3.63, 3.8) is 0 Å². The maximum atomic E-state index is 8.73. The molecule has 12 aromatic rings. The van der Waals surface area contributed by atoms with Crippen molar-refractivity contribution in [3.8, 4) is 45.5 Å². The number of para-hydroxylation sites is 4. The molecule has 0 aliphatic heterocycles. The summed E-state index contributed by atoms with van der Waals surface area (Å²) in [6.45, 7) is 0. The van der Waals surface area contributed by atoms with Crippen molar-refractivity contribution in [3.05, 3.63) is 188 Å². The molecule has 4 heterocycles. The fraction of sp³-hybridized carbons (Fsp3) is 0. The van der Waals surface area contributed by atoms with Crippen LogP contribution in [0.4, 0.5) is 0 Å². The molecule has 0 aliphatic carbocycles. The minimum Gasteiger partial charge on any atom is -0.454 e. The molecule has 6 heteroatoms. The van der Waals surface area contributed by atoms with Gasteiger partial charge in [0.25, 0.3) is 0 Å². The summed E-state index contributed by atoms with van der Waals surface area (Å²) in [6.07, 6.45) is 0. The van der Waals surface area contributed by atoms with Crippen molar-refractivity contribution in [1.82, 2.24) is 24.1 Å². The first-order valence-corrected chi connectivity index (χ1v) is 18.3. The fourth-order valence-electron chi connectivity index (χ4n) is 8.15. The first kappa shape index (κ1) is 23.2. The average Bonchev–Trinajstić information content (AvgIpc) is 4.02. The molecule has 0 fully saturated rings. The van der Waals surface area contributed by atoms with E-state index in [0.717, 1.165) is 65.8 Å². The summed E-state index contributed by atoms with van der Waals surface area (Å²) in [6, 6.07) is 36.8. The van der Waals surface area contributed by atoms with Crippen LogP contribution in [0.1, 0.15) is 13.7 Å². The Kier molecular flexibility index (Phi) is 5.02. The summed E-state index contributed by atoms with van der Waals surface area (Å²) in [5.41, 5.74) is 6.65. The molecule has 0 radical (unpaired) electrons. The van der Waals surface area contributed by atoms with Gasteiger partial charge in [0.2, 0.25) is 0 Å². The van der Waals surface area contributed by atoms with Crippen LogP contribution in [0.2, 0.25) is 0 Å². The third-order valence-corrected chi connectivity index (χ3v) is 10.5. The molecule has 0 spiro atoms. The minimum atomic E-state index is -0.618. The second-order valence-corrected chi connectivity index (χ2v) is 13.7. The van der Waals surface area contributed by atoms with Crippen molar-refractivity contribution in [2.24, 2.45) is 0 Å². The zero-order valence-electron chi connectivity index (χ0n) is 39.8. The molecule has 0 N–H and O–H groups in total. The summed E-state index contributed by atoms with van der Waals surface area (Å²) in [5.74, 6) is -0.748. The lowest BCUT2D eigenvalue weighted by atomic mass is 10.1. The molecule has 0 bridgehead atoms. The van der Waals surface area contributed by atoms with Gasteiger partial charge >= 0.3 is 0 Å². The molecule has 0 unspecified atom stereocenters. The van der Waals surface area contributed by atoms with Crippen molar-refractivity contribution in [2.45, 2.75) is 0 Å². The number of furan rings is 1. The molecule has 0 atom stereocenters. The Balaban J connectivity index is 1.12. The highest BCUT2D eigenvalue weighted by atomic mass is 16.3. The van der Waals surface area contributed by atoms with Gasteiger partial charge in [-0.2, -0.15) is 0 Å². The smallest absolute Gasteiger partial charge is 0.164 e. The molecule has 266 valence electrons. The summed E-state index contributed by atoms with van der Waals surface area (Å²) >= 11 is 0. The molecule has 0 aliphatic rings. The predicted octanol–water partition coefficient (Wildman–Crippen LogP) is 13.0. The molecular weight excluding hydrogens is 699 g/mol. The van der Waals surface area contributed by atoms with Gasteiger partial charge in [0.1, 0.15) is 5.58 Å². The van der Waals surface area contributed by atoms with Crippen molar-refractivity contribution < 1.29 is 18.1 Å². The SMILES string of the molecule is [2H]c1c([2H])c([2H])c(-c2nc(-c3ccc4c(c3)oc3c(-n5c6ccccc6c6ccc7c8ccccc8n(-c8ccccc8)c7c65)cccc34)nc(-c3c([2H])c([2H])c([2H])c([2H])c3[2H])n2)c([2H])c1[2H]. The number of benzene rings is 8. The Hall–Kier alpha value is -7.83. The summed E-state index contributed by atoms with van der Waals surface area (Å²) in [7, 11) is 0. The summed E-state index contributed by atoms with van der Waals surface area (Å²) in [4.78, 5) is 13.7. The maximum Gasteiger partial charge on any atom is 0.164 e. The first-order valence-electron chi connectivity index (χ1n) is 23.3. The quantitative estimate of drug-likeness (QED) is 0.176. The molecule has 0 amide bonds. The van der Waals surface area contributed by atoms with Gasteiger partial charge in [-0.1, -0.05) is 145 Å². The van der Waals surface area contributed by atoms with Crippen LogP contribution in [0.5, 0.6) is 0 Å². The summed E-state index contributed by atoms with van der Waals surface area (Å²) < 4.78 is 96.2. The van der Waals surface area contributed by atoms with Crippen LogP contribution < -0.4 is 0 Å². The molecule has 12 rings (SSSR count). The van der Waals surface area contributed by atoms with Crippen LogP contribution in [0, 0.1) is 0 Å². The van der Waals surface area contributed by atoms with E-state index in [0.29, 0.717) is 16.7 Å². The Morgan fingerprint density at radius 1 is 0.421 bits per heavy atom. The van der Waals surface area contributed by atoms with E-state index in [9.17, 15) is 0 Å². The number of aromatic nitrogens is 5. The van der Waals surface area contributed by atoms with Crippen LogP contribution in [-0.4, -0.2) is 24.1 Å². The molecule has 0 saturated carbocycles. The normalized spacial score (nSPS) is 14.3. The molecule has 8 aromatic carbocycles. The van der Waals surface area contributed by atoms with Gasteiger partial charge in [0, 0.05) is 54.7 Å². The molecule has 6 nitrogen and oxygen atoms in total. The zero-order valence-corrected chi connectivity index (χ0v) is 29.8. The lowest BCUT2D eigenvalue weighted by Crippen LogP contribution is -2.00. The van der Waals surface area contributed by atoms with Gasteiger partial charge in [0.05, 0.1) is 41.5 Å². The van der Waals surface area contributed by atoms with E-state index in [1.807, 2.05) is 54.6 Å². The Morgan fingerprint density at radius 3 is 1.60 bits per heavy atom. The molecule has 0 saturated heterocycles. The van der Waals surface area contributed by atoms with Gasteiger partial charge in [-0.15, -0.1) is 0 Å². The number of nitrogens with zero attached hydrogens (tertiary/aromatic N) is 5. The average molecular weight is 740 g/mol. The highest BCUT2D eigenvalue weighted by Crippen LogP contribution is 2.44. The molecule has 4 aromatic heterocycles. The topological polar surface area (TPSA) is 61.7 Å². The standard InChI is InChI=1S/C51H31N5O/c1-4-15-32(16-5-1)49-52-50(33-17-6-2-7-18-33)54-51(53-49)34-27-28-38-41-23-14-26-44(48(41)57-45(38)31-34)56-43-25-13-11-22-37(43)40-30-29-39-36-21-10-12-24-42(36)55(46(39)47(40)56)35-19-8-3-9-20-35/h1-31H/i1D,2D,4D,5D,6D,7D,15D,16D,17D,18D. The van der Waals surface area contributed by atoms with Gasteiger partial charge in [-0.05, 0) is 42.5 Å². The zero-order chi connectivity index (χ0) is 46.2. The monoisotopic (exact) mass is 739 g/mol. The Bertz CT molecular complexity index is 3980. The van der Waals surface area contributed by atoms with E-state index < -0.39 is 60.4 Å². The Labute approximate surface area is 340 Å². The van der Waals surface area contributed by atoms with E-state index in [1.165, 1.54) is 0 Å². The Morgan fingerprint density at radius 2 is 0.947 bits per heavy atom. The van der Waals surface area contributed by atoms with E-state index in [2.05, 4.69) is 84.7 Å². The van der Waals surface area contributed by atoms with E-state index in [4.69, 9.17) is 18.1 Å². The van der Waals surface area contributed by atoms with E-state index in [-0.39, 0.29) is 28.6 Å².